The van der Waals surface area contributed by atoms with Crippen LogP contribution in [0, 0.1) is 5.41 Å². The van der Waals surface area contributed by atoms with Crippen LogP contribution in [0.5, 0.6) is 0 Å². The van der Waals surface area contributed by atoms with Gasteiger partial charge in [-0.1, -0.05) is 20.8 Å². The Morgan fingerprint density at radius 3 is 1.48 bits per heavy atom. The van der Waals surface area contributed by atoms with Crippen LogP contribution < -0.4 is 0 Å². The van der Waals surface area contributed by atoms with Gasteiger partial charge < -0.3 is 24.3 Å². The van der Waals surface area contributed by atoms with Gasteiger partial charge >= 0.3 is 21.2 Å². The van der Waals surface area contributed by atoms with Crippen molar-refractivity contribution in [3.05, 3.63) is 0 Å². The first-order valence-corrected chi connectivity index (χ1v) is 9.92. The summed E-state index contributed by atoms with van der Waals surface area (Å²) in [6, 6.07) is 0. The first-order valence-electron chi connectivity index (χ1n) is 6.70. The second-order valence-electron chi connectivity index (χ2n) is 4.77. The van der Waals surface area contributed by atoms with Gasteiger partial charge in [-0.3, -0.25) is 13.9 Å². The van der Waals surface area contributed by atoms with Crippen molar-refractivity contribution in [3.8, 4) is 0 Å². The Labute approximate surface area is 124 Å². The highest BCUT2D eigenvalue weighted by atomic mass is 31.2. The van der Waals surface area contributed by atoms with Crippen LogP contribution in [0.2, 0.25) is 0 Å². The molecule has 21 heavy (non-hydrogen) atoms. The minimum absolute atomic E-state index is 0.0529. The molecule has 0 atom stereocenters. The molecule has 126 valence electrons. The maximum atomic E-state index is 12.3. The van der Waals surface area contributed by atoms with E-state index in [0.29, 0.717) is 0 Å². The van der Waals surface area contributed by atoms with Crippen LogP contribution in [-0.2, 0) is 18.7 Å². The molecule has 0 radical (unpaired) electrons. The number of hydrogen-bond donors (Lipinski definition) is 4. The molecule has 0 aliphatic heterocycles. The number of carbonyl (C=O) groups is 1. The van der Waals surface area contributed by atoms with Gasteiger partial charge in [0.25, 0.3) is 0 Å². The highest BCUT2D eigenvalue weighted by Gasteiger charge is 2.72. The molecular weight excluding hydrogens is 322 g/mol. The van der Waals surface area contributed by atoms with Crippen LogP contribution in [0.25, 0.3) is 0 Å². The summed E-state index contributed by atoms with van der Waals surface area (Å²) in [6.07, 6.45) is -0.874. The van der Waals surface area contributed by atoms with E-state index in [4.69, 9.17) is 4.74 Å². The van der Waals surface area contributed by atoms with Crippen LogP contribution in [-0.4, -0.2) is 37.0 Å². The minimum Gasteiger partial charge on any atom is -0.466 e. The Morgan fingerprint density at radius 2 is 1.29 bits per heavy atom. The van der Waals surface area contributed by atoms with E-state index >= 15 is 0 Å². The fraction of sp³-hybridized carbons (Fsp3) is 0.909. The molecule has 0 amide bonds. The van der Waals surface area contributed by atoms with E-state index in [9.17, 15) is 33.5 Å². The van der Waals surface area contributed by atoms with E-state index in [-0.39, 0.29) is 19.4 Å². The van der Waals surface area contributed by atoms with E-state index in [2.05, 4.69) is 0 Å². The summed E-state index contributed by atoms with van der Waals surface area (Å²) in [7, 11) is -10.6. The molecular formula is C11H24O8P2. The number of ether oxygens (including phenoxy) is 1. The molecule has 0 saturated heterocycles. The molecule has 0 rings (SSSR count). The average molecular weight is 346 g/mol. The molecule has 10 heteroatoms. The van der Waals surface area contributed by atoms with Gasteiger partial charge in [0.05, 0.1) is 12.0 Å². The van der Waals surface area contributed by atoms with Gasteiger partial charge in [0.1, 0.15) is 0 Å². The smallest absolute Gasteiger partial charge is 0.344 e. The predicted molar refractivity (Wildman–Crippen MR) is 76.8 cm³/mol. The summed E-state index contributed by atoms with van der Waals surface area (Å²) >= 11 is 0. The number of hydrogen-bond acceptors (Lipinski definition) is 4. The Balaban J connectivity index is 6.67. The zero-order chi connectivity index (χ0) is 17.1. The van der Waals surface area contributed by atoms with E-state index in [0.717, 1.165) is 0 Å². The third-order valence-electron chi connectivity index (χ3n) is 4.10. The van der Waals surface area contributed by atoms with Gasteiger partial charge in [-0.05, 0) is 26.2 Å². The molecule has 0 aromatic rings. The summed E-state index contributed by atoms with van der Waals surface area (Å²) in [4.78, 5) is 48.3. The Hall–Kier alpha value is -0.230. The van der Waals surface area contributed by atoms with Crippen molar-refractivity contribution in [1.82, 2.24) is 0 Å². The lowest BCUT2D eigenvalue weighted by atomic mass is 9.77. The van der Waals surface area contributed by atoms with E-state index < -0.39 is 37.9 Å². The Morgan fingerprint density at radius 1 is 0.905 bits per heavy atom. The van der Waals surface area contributed by atoms with E-state index in [1.165, 1.54) is 27.7 Å². The largest absolute Gasteiger partial charge is 0.466 e. The van der Waals surface area contributed by atoms with Crippen LogP contribution in [0.4, 0.5) is 0 Å². The molecule has 0 aliphatic rings. The third kappa shape index (κ3) is 3.11. The molecule has 0 aromatic heterocycles. The zero-order valence-corrected chi connectivity index (χ0v) is 14.4. The third-order valence-corrected chi connectivity index (χ3v) is 9.08. The first kappa shape index (κ1) is 20.8. The highest BCUT2D eigenvalue weighted by molar-refractivity contribution is 7.72. The molecule has 0 heterocycles. The lowest BCUT2D eigenvalue weighted by molar-refractivity contribution is -0.158. The number of esters is 1. The Kier molecular flexibility index (Phi) is 6.83. The van der Waals surface area contributed by atoms with Crippen molar-refractivity contribution in [3.63, 3.8) is 0 Å². The quantitative estimate of drug-likeness (QED) is 0.385. The van der Waals surface area contributed by atoms with Crippen molar-refractivity contribution in [2.24, 2.45) is 5.41 Å². The molecule has 0 aromatic carbocycles. The second kappa shape index (κ2) is 6.90. The normalized spacial score (nSPS) is 14.1. The molecule has 4 N–H and O–H groups in total. The van der Waals surface area contributed by atoms with Crippen molar-refractivity contribution in [2.45, 2.75) is 51.9 Å². The van der Waals surface area contributed by atoms with Gasteiger partial charge in [-0.15, -0.1) is 0 Å². The predicted octanol–water partition coefficient (Wildman–Crippen LogP) is 1.82. The maximum absolute atomic E-state index is 12.3. The molecule has 0 aliphatic carbocycles. The molecule has 8 nitrogen and oxygen atoms in total. The van der Waals surface area contributed by atoms with Crippen LogP contribution in [0.1, 0.15) is 47.0 Å². The lowest BCUT2D eigenvalue weighted by Crippen LogP contribution is -2.52. The molecule has 0 unspecified atom stereocenters. The highest BCUT2D eigenvalue weighted by Crippen LogP contribution is 2.78. The summed E-state index contributed by atoms with van der Waals surface area (Å²) in [5, 5.41) is 0. The monoisotopic (exact) mass is 346 g/mol. The van der Waals surface area contributed by atoms with Gasteiger partial charge in [-0.2, -0.15) is 0 Å². The second-order valence-corrected chi connectivity index (χ2v) is 8.82. The molecule has 0 saturated carbocycles. The minimum atomic E-state index is -5.32. The molecule has 0 spiro atoms. The fourth-order valence-electron chi connectivity index (χ4n) is 3.02. The maximum Gasteiger partial charge on any atom is 0.344 e. The van der Waals surface area contributed by atoms with Crippen LogP contribution in [0.3, 0.4) is 0 Å². The van der Waals surface area contributed by atoms with Crippen molar-refractivity contribution < 1.29 is 38.2 Å². The summed E-state index contributed by atoms with van der Waals surface area (Å²) < 4.78 is 28.9. The van der Waals surface area contributed by atoms with Crippen LogP contribution in [0.15, 0.2) is 0 Å². The van der Waals surface area contributed by atoms with E-state index in [1.54, 1.807) is 0 Å². The molecule has 0 bridgehead atoms. The van der Waals surface area contributed by atoms with Gasteiger partial charge in [0.2, 0.25) is 0 Å². The first-order chi connectivity index (χ1) is 9.41. The summed E-state index contributed by atoms with van der Waals surface area (Å²) in [5.41, 5.74) is -1.96. The van der Waals surface area contributed by atoms with Crippen molar-refractivity contribution in [1.29, 1.82) is 0 Å². The summed E-state index contributed by atoms with van der Waals surface area (Å²) in [6.45, 7) is 5.61. The van der Waals surface area contributed by atoms with Crippen molar-refractivity contribution >= 4 is 21.2 Å². The average Bonchev–Trinajstić information content (AvgIpc) is 2.32. The lowest BCUT2D eigenvalue weighted by Gasteiger charge is -2.47. The van der Waals surface area contributed by atoms with Gasteiger partial charge in [0, 0.05) is 0 Å². The number of rotatable bonds is 8. The topological polar surface area (TPSA) is 141 Å². The fourth-order valence-corrected chi connectivity index (χ4v) is 7.13. The molecule has 0 fully saturated rings. The SMILES string of the molecule is CCOC(=O)C(CC)(CC)C(CC)(P(=O)(O)O)P(=O)(O)O. The van der Waals surface area contributed by atoms with Gasteiger partial charge in [-0.25, -0.2) is 0 Å². The zero-order valence-electron chi connectivity index (χ0n) is 12.6. The number of carbonyl (C=O) groups excluding carboxylic acids is 1. The Bertz CT molecular complexity index is 437. The van der Waals surface area contributed by atoms with E-state index in [1.807, 2.05) is 0 Å². The van der Waals surface area contributed by atoms with Crippen molar-refractivity contribution in [2.75, 3.05) is 6.61 Å². The summed E-state index contributed by atoms with van der Waals surface area (Å²) in [5.74, 6) is -0.997. The standard InChI is InChI=1S/C11H24O8P2/c1-5-10(6-2,9(12)19-8-4)11(7-3,20(13,14)15)21(16,17)18/h5-8H2,1-4H3,(H2,13,14,15)(H2,16,17,18). The van der Waals surface area contributed by atoms with Crippen LogP contribution >= 0.6 is 15.2 Å². The van der Waals surface area contributed by atoms with Gasteiger partial charge in [0.15, 0.2) is 4.90 Å².